The fourth-order valence-electron chi connectivity index (χ4n) is 2.79. The third-order valence-corrected chi connectivity index (χ3v) is 4.02. The molecule has 2 aromatic carbocycles. The van der Waals surface area contributed by atoms with E-state index in [0.717, 1.165) is 22.3 Å². The monoisotopic (exact) mass is 323 g/mol. The van der Waals surface area contributed by atoms with Gasteiger partial charge in [0.25, 0.3) is 5.91 Å². The lowest BCUT2D eigenvalue weighted by Crippen LogP contribution is -2.33. The zero-order valence-corrected chi connectivity index (χ0v) is 14.0. The Morgan fingerprint density at radius 3 is 2.62 bits per heavy atom. The molecule has 0 fully saturated rings. The molecule has 3 rings (SSSR count). The number of hydrogen-bond acceptors (Lipinski definition) is 3. The first-order chi connectivity index (χ1) is 11.7. The van der Waals surface area contributed by atoms with Crippen LogP contribution in [0.25, 0.3) is 10.8 Å². The molecule has 0 aliphatic rings. The highest BCUT2D eigenvalue weighted by atomic mass is 16.5. The molecule has 1 heterocycles. The van der Waals surface area contributed by atoms with Crippen LogP contribution in [-0.2, 0) is 11.3 Å². The van der Waals surface area contributed by atoms with E-state index in [9.17, 15) is 4.79 Å². The van der Waals surface area contributed by atoms with Crippen molar-refractivity contribution in [2.45, 2.75) is 13.5 Å². The lowest BCUT2D eigenvalue weighted by molar-refractivity contribution is 0.0668. The molecule has 0 atom stereocenters. The number of methoxy groups -OCH3 is 1. The van der Waals surface area contributed by atoms with Crippen molar-refractivity contribution in [1.82, 2.24) is 4.90 Å². The van der Waals surface area contributed by atoms with E-state index < -0.39 is 0 Å². The average molecular weight is 323 g/mol. The Kier molecular flexibility index (Phi) is 4.96. The number of carbonyl (C=O) groups is 1. The normalized spacial score (nSPS) is 10.9. The molecule has 1 amide bonds. The van der Waals surface area contributed by atoms with Crippen molar-refractivity contribution in [3.63, 3.8) is 0 Å². The maximum absolute atomic E-state index is 13.1. The fraction of sp³-hybridized carbons (Fsp3) is 0.250. The molecule has 0 bridgehead atoms. The van der Waals surface area contributed by atoms with Crippen LogP contribution in [0.4, 0.5) is 0 Å². The van der Waals surface area contributed by atoms with Gasteiger partial charge >= 0.3 is 0 Å². The first-order valence-corrected chi connectivity index (χ1v) is 8.00. The van der Waals surface area contributed by atoms with Crippen LogP contribution in [0.5, 0.6) is 0 Å². The predicted molar refractivity (Wildman–Crippen MR) is 94.0 cm³/mol. The molecule has 0 N–H and O–H groups in total. The highest BCUT2D eigenvalue weighted by Crippen LogP contribution is 2.21. The number of furan rings is 1. The molecule has 124 valence electrons. The molecule has 0 aliphatic heterocycles. The zero-order valence-electron chi connectivity index (χ0n) is 14.0. The maximum Gasteiger partial charge on any atom is 0.254 e. The predicted octanol–water partition coefficient (Wildman–Crippen LogP) is 4.03. The topological polar surface area (TPSA) is 42.7 Å². The minimum atomic E-state index is -0.0158. The molecular formula is C20H21NO3. The van der Waals surface area contributed by atoms with Crippen molar-refractivity contribution >= 4 is 16.7 Å². The van der Waals surface area contributed by atoms with Crippen molar-refractivity contribution in [3.05, 3.63) is 71.7 Å². The average Bonchev–Trinajstić information content (AvgIpc) is 3.02. The van der Waals surface area contributed by atoms with Crippen LogP contribution in [0.2, 0.25) is 0 Å². The molecule has 24 heavy (non-hydrogen) atoms. The van der Waals surface area contributed by atoms with Crippen LogP contribution in [0.1, 0.15) is 21.9 Å². The summed E-state index contributed by atoms with van der Waals surface area (Å²) in [5.74, 6) is 1.60. The van der Waals surface area contributed by atoms with E-state index in [1.807, 2.05) is 61.5 Å². The summed E-state index contributed by atoms with van der Waals surface area (Å²) in [7, 11) is 1.64. The van der Waals surface area contributed by atoms with Gasteiger partial charge in [0.15, 0.2) is 0 Å². The Morgan fingerprint density at radius 1 is 1.08 bits per heavy atom. The highest BCUT2D eigenvalue weighted by Gasteiger charge is 2.19. The Hall–Kier alpha value is -2.59. The highest BCUT2D eigenvalue weighted by molar-refractivity contribution is 6.06. The number of hydrogen-bond donors (Lipinski definition) is 0. The van der Waals surface area contributed by atoms with Crippen LogP contribution in [0, 0.1) is 6.92 Å². The third-order valence-electron chi connectivity index (χ3n) is 4.02. The molecule has 3 aromatic rings. The number of aryl methyl sites for hydroxylation is 1. The molecule has 0 radical (unpaired) electrons. The van der Waals surface area contributed by atoms with Crippen LogP contribution in [-0.4, -0.2) is 31.1 Å². The molecule has 0 unspecified atom stereocenters. The summed E-state index contributed by atoms with van der Waals surface area (Å²) in [5, 5.41) is 2.02. The summed E-state index contributed by atoms with van der Waals surface area (Å²) in [4.78, 5) is 14.9. The van der Waals surface area contributed by atoms with E-state index in [4.69, 9.17) is 9.15 Å². The van der Waals surface area contributed by atoms with E-state index in [0.29, 0.717) is 25.3 Å². The number of nitrogens with zero attached hydrogens (tertiary/aromatic N) is 1. The lowest BCUT2D eigenvalue weighted by Gasteiger charge is -2.22. The molecule has 0 aliphatic carbocycles. The minimum Gasteiger partial charge on any atom is -0.464 e. The van der Waals surface area contributed by atoms with Gasteiger partial charge < -0.3 is 14.1 Å². The van der Waals surface area contributed by atoms with E-state index >= 15 is 0 Å². The second kappa shape index (κ2) is 7.32. The van der Waals surface area contributed by atoms with Crippen LogP contribution in [0.15, 0.2) is 59.0 Å². The van der Waals surface area contributed by atoms with Crippen molar-refractivity contribution in [1.29, 1.82) is 0 Å². The van der Waals surface area contributed by atoms with Crippen molar-refractivity contribution < 1.29 is 13.9 Å². The quantitative estimate of drug-likeness (QED) is 0.688. The largest absolute Gasteiger partial charge is 0.464 e. The summed E-state index contributed by atoms with van der Waals surface area (Å²) >= 11 is 0. The second-order valence-electron chi connectivity index (χ2n) is 5.76. The summed E-state index contributed by atoms with van der Waals surface area (Å²) in [6, 6.07) is 17.5. The molecule has 4 heteroatoms. The van der Waals surface area contributed by atoms with Crippen molar-refractivity contribution in [3.8, 4) is 0 Å². The smallest absolute Gasteiger partial charge is 0.254 e. The number of fused-ring (bicyclic) bond motifs is 1. The summed E-state index contributed by atoms with van der Waals surface area (Å²) in [6.45, 7) is 3.32. The van der Waals surface area contributed by atoms with Gasteiger partial charge in [0.05, 0.1) is 13.2 Å². The number of benzene rings is 2. The molecule has 0 saturated heterocycles. The standard InChI is InChI=1S/C20H21NO3/c1-15-10-11-17(24-15)14-21(12-13-23-2)20(22)19-9-5-7-16-6-3-4-8-18(16)19/h3-11H,12-14H2,1-2H3. The Morgan fingerprint density at radius 2 is 1.88 bits per heavy atom. The van der Waals surface area contributed by atoms with Crippen LogP contribution in [0.3, 0.4) is 0 Å². The van der Waals surface area contributed by atoms with Gasteiger partial charge in [-0.15, -0.1) is 0 Å². The number of amides is 1. The van der Waals surface area contributed by atoms with Gasteiger partial charge in [0, 0.05) is 19.2 Å². The lowest BCUT2D eigenvalue weighted by atomic mass is 10.0. The van der Waals surface area contributed by atoms with Gasteiger partial charge in [-0.3, -0.25) is 4.79 Å². The van der Waals surface area contributed by atoms with Crippen LogP contribution < -0.4 is 0 Å². The first kappa shape index (κ1) is 16.3. The second-order valence-corrected chi connectivity index (χ2v) is 5.76. The van der Waals surface area contributed by atoms with Gasteiger partial charge in [-0.25, -0.2) is 0 Å². The van der Waals surface area contributed by atoms with E-state index in [-0.39, 0.29) is 5.91 Å². The van der Waals surface area contributed by atoms with E-state index in [1.165, 1.54) is 0 Å². The zero-order chi connectivity index (χ0) is 16.9. The van der Waals surface area contributed by atoms with E-state index in [1.54, 1.807) is 12.0 Å². The Bertz CT molecular complexity index is 832. The van der Waals surface area contributed by atoms with Gasteiger partial charge in [-0.05, 0) is 35.9 Å². The first-order valence-electron chi connectivity index (χ1n) is 8.00. The minimum absolute atomic E-state index is 0.0158. The van der Waals surface area contributed by atoms with E-state index in [2.05, 4.69) is 0 Å². The van der Waals surface area contributed by atoms with Gasteiger partial charge in [-0.2, -0.15) is 0 Å². The van der Waals surface area contributed by atoms with Gasteiger partial charge in [0.2, 0.25) is 0 Å². The van der Waals surface area contributed by atoms with Crippen molar-refractivity contribution in [2.24, 2.45) is 0 Å². The fourth-order valence-corrected chi connectivity index (χ4v) is 2.79. The summed E-state index contributed by atoms with van der Waals surface area (Å²) in [6.07, 6.45) is 0. The molecule has 1 aromatic heterocycles. The molecular weight excluding hydrogens is 302 g/mol. The maximum atomic E-state index is 13.1. The van der Waals surface area contributed by atoms with Gasteiger partial charge in [0.1, 0.15) is 11.5 Å². The van der Waals surface area contributed by atoms with Crippen molar-refractivity contribution in [2.75, 3.05) is 20.3 Å². The summed E-state index contributed by atoms with van der Waals surface area (Å²) < 4.78 is 10.8. The summed E-state index contributed by atoms with van der Waals surface area (Å²) in [5.41, 5.74) is 0.701. The number of carbonyl (C=O) groups excluding carboxylic acids is 1. The SMILES string of the molecule is COCCN(Cc1ccc(C)o1)C(=O)c1cccc2ccccc12. The number of ether oxygens (including phenoxy) is 1. The number of rotatable bonds is 6. The van der Waals surface area contributed by atoms with Gasteiger partial charge in [-0.1, -0.05) is 36.4 Å². The molecule has 0 spiro atoms. The third kappa shape index (κ3) is 3.49. The molecule has 4 nitrogen and oxygen atoms in total. The Balaban J connectivity index is 1.92. The molecule has 0 saturated carbocycles. The Labute approximate surface area is 141 Å². The van der Waals surface area contributed by atoms with Crippen LogP contribution >= 0.6 is 0 Å².